The summed E-state index contributed by atoms with van der Waals surface area (Å²) < 4.78 is 40.8. The first-order valence-electron chi connectivity index (χ1n) is 12.3. The van der Waals surface area contributed by atoms with Gasteiger partial charge in [0.05, 0.1) is 17.2 Å². The Morgan fingerprint density at radius 3 is 2.18 bits per heavy atom. The molecule has 0 aliphatic carbocycles. The number of carbonyl (C=O) groups excluding carboxylic acids is 1. The minimum absolute atomic E-state index is 0.0529. The summed E-state index contributed by atoms with van der Waals surface area (Å²) in [4.78, 5) is 13.6. The number of nitrogens with one attached hydrogen (secondary N) is 2. The lowest BCUT2D eigenvalue weighted by molar-refractivity contribution is -0.117. The fourth-order valence-electron chi connectivity index (χ4n) is 3.89. The topological polar surface area (TPSA) is 93.7 Å². The first kappa shape index (κ1) is 26.9. The Kier molecular flexibility index (Phi) is 8.78. The van der Waals surface area contributed by atoms with Crippen LogP contribution in [-0.2, 0) is 21.2 Å². The summed E-state index contributed by atoms with van der Waals surface area (Å²) in [5.41, 5.74) is 1.92. The second kappa shape index (κ2) is 12.4. The van der Waals surface area contributed by atoms with E-state index in [0.717, 1.165) is 5.56 Å². The minimum Gasteiger partial charge on any atom is -0.494 e. The van der Waals surface area contributed by atoms with Gasteiger partial charge in [-0.25, -0.2) is 8.42 Å². The number of hydrogen-bond acceptors (Lipinski definition) is 5. The normalized spacial score (nSPS) is 11.9. The van der Waals surface area contributed by atoms with Crippen molar-refractivity contribution in [3.63, 3.8) is 0 Å². The van der Waals surface area contributed by atoms with E-state index in [-0.39, 0.29) is 11.3 Å². The highest BCUT2D eigenvalue weighted by Gasteiger charge is 2.27. The van der Waals surface area contributed by atoms with E-state index in [1.807, 2.05) is 67.6 Å². The molecule has 0 heterocycles. The largest absolute Gasteiger partial charge is 0.494 e. The van der Waals surface area contributed by atoms with Crippen molar-refractivity contribution in [1.82, 2.24) is 4.72 Å². The fourth-order valence-corrected chi connectivity index (χ4v) is 5.17. The number of carbonyl (C=O) groups is 1. The van der Waals surface area contributed by atoms with E-state index in [0.29, 0.717) is 35.1 Å². The maximum atomic E-state index is 13.5. The lowest BCUT2D eigenvalue weighted by atomic mass is 10.1. The molecule has 0 radical (unpaired) electrons. The Morgan fingerprint density at radius 2 is 1.50 bits per heavy atom. The average molecular weight is 531 g/mol. The van der Waals surface area contributed by atoms with Crippen LogP contribution in [0.3, 0.4) is 0 Å². The zero-order valence-electron chi connectivity index (χ0n) is 21.3. The quantitative estimate of drug-likeness (QED) is 0.259. The summed E-state index contributed by atoms with van der Waals surface area (Å²) in [7, 11) is -4.03. The van der Waals surface area contributed by atoms with Crippen LogP contribution < -0.4 is 19.5 Å². The molecular weight excluding hydrogens is 500 g/mol. The summed E-state index contributed by atoms with van der Waals surface area (Å²) >= 11 is 0. The van der Waals surface area contributed by atoms with Crippen LogP contribution in [0.2, 0.25) is 0 Å². The molecule has 0 aromatic heterocycles. The van der Waals surface area contributed by atoms with Crippen LogP contribution in [0.4, 0.5) is 5.69 Å². The Labute approximate surface area is 223 Å². The van der Waals surface area contributed by atoms with E-state index in [9.17, 15) is 13.2 Å². The van der Waals surface area contributed by atoms with Crippen molar-refractivity contribution >= 4 is 21.6 Å². The van der Waals surface area contributed by atoms with E-state index >= 15 is 0 Å². The third-order valence-corrected chi connectivity index (χ3v) is 7.24. The average Bonchev–Trinajstić information content (AvgIpc) is 2.91. The van der Waals surface area contributed by atoms with Gasteiger partial charge in [-0.2, -0.15) is 4.72 Å². The maximum Gasteiger partial charge on any atom is 0.243 e. The van der Waals surface area contributed by atoms with Gasteiger partial charge in [0.2, 0.25) is 15.9 Å². The second-order valence-corrected chi connectivity index (χ2v) is 10.3. The molecule has 1 amide bonds. The molecule has 2 N–H and O–H groups in total. The number of aryl methyl sites for hydroxylation is 1. The molecule has 38 heavy (non-hydrogen) atoms. The van der Waals surface area contributed by atoms with Crippen LogP contribution in [0, 0.1) is 6.92 Å². The summed E-state index contributed by atoms with van der Waals surface area (Å²) in [6, 6.07) is 29.0. The van der Waals surface area contributed by atoms with Crippen molar-refractivity contribution in [2.75, 3.05) is 11.9 Å². The van der Waals surface area contributed by atoms with E-state index in [4.69, 9.17) is 9.47 Å². The van der Waals surface area contributed by atoms with E-state index in [2.05, 4.69) is 10.0 Å². The SMILES string of the molecule is CCOc1ccc(S(=O)(=O)N[C@H](Cc2ccccc2)C(=O)Nc2ccccc2Oc2ccccc2)cc1C. The van der Waals surface area contributed by atoms with Gasteiger partial charge in [0.15, 0.2) is 5.75 Å². The van der Waals surface area contributed by atoms with Crippen LogP contribution in [0.5, 0.6) is 17.2 Å². The molecule has 4 aromatic rings. The van der Waals surface area contributed by atoms with E-state index < -0.39 is 22.0 Å². The first-order chi connectivity index (χ1) is 18.4. The molecule has 0 bridgehead atoms. The fraction of sp³-hybridized carbons (Fsp3) is 0.167. The molecule has 0 aliphatic rings. The number of anilines is 1. The van der Waals surface area contributed by atoms with E-state index in [1.54, 1.807) is 37.3 Å². The number of amides is 1. The number of sulfonamides is 1. The van der Waals surface area contributed by atoms with Crippen LogP contribution in [0.15, 0.2) is 108 Å². The Bertz CT molecular complexity index is 1480. The lowest BCUT2D eigenvalue weighted by Crippen LogP contribution is -2.45. The van der Waals surface area contributed by atoms with Gasteiger partial charge in [0.1, 0.15) is 17.5 Å². The second-order valence-electron chi connectivity index (χ2n) is 8.62. The maximum absolute atomic E-state index is 13.5. The zero-order chi connectivity index (χ0) is 27.0. The van der Waals surface area contributed by atoms with Crippen molar-refractivity contribution in [3.05, 3.63) is 114 Å². The van der Waals surface area contributed by atoms with Gasteiger partial charge in [-0.1, -0.05) is 60.7 Å². The van der Waals surface area contributed by atoms with Gasteiger partial charge >= 0.3 is 0 Å². The van der Waals surface area contributed by atoms with Crippen molar-refractivity contribution < 1.29 is 22.7 Å². The molecule has 7 nitrogen and oxygen atoms in total. The molecule has 0 aliphatic heterocycles. The summed E-state index contributed by atoms with van der Waals surface area (Å²) in [5.74, 6) is 1.15. The smallest absolute Gasteiger partial charge is 0.243 e. The molecule has 0 saturated heterocycles. The van der Waals surface area contributed by atoms with Gasteiger partial charge < -0.3 is 14.8 Å². The predicted molar refractivity (Wildman–Crippen MR) is 148 cm³/mol. The number of para-hydroxylation sites is 3. The highest BCUT2D eigenvalue weighted by Crippen LogP contribution is 2.29. The Hall–Kier alpha value is -4.14. The molecule has 0 spiro atoms. The highest BCUT2D eigenvalue weighted by atomic mass is 32.2. The molecule has 196 valence electrons. The summed E-state index contributed by atoms with van der Waals surface area (Å²) in [5, 5.41) is 2.85. The van der Waals surface area contributed by atoms with Crippen LogP contribution in [-0.4, -0.2) is 27.0 Å². The third kappa shape index (κ3) is 7.00. The molecule has 0 fully saturated rings. The highest BCUT2D eigenvalue weighted by molar-refractivity contribution is 7.89. The van der Waals surface area contributed by atoms with E-state index in [1.165, 1.54) is 12.1 Å². The summed E-state index contributed by atoms with van der Waals surface area (Å²) in [6.45, 7) is 4.11. The number of benzene rings is 4. The molecule has 0 saturated carbocycles. The Morgan fingerprint density at radius 1 is 0.842 bits per heavy atom. The standard InChI is InChI=1S/C30H30N2O5S/c1-3-36-28-19-18-25(20-22(28)2)38(34,35)32-27(21-23-12-6-4-7-13-23)30(33)31-26-16-10-11-17-29(26)37-24-14-8-5-9-15-24/h4-20,27,32H,3,21H2,1-2H3,(H,31,33)/t27-/m1/s1. The zero-order valence-corrected chi connectivity index (χ0v) is 22.1. The molecule has 0 unspecified atom stereocenters. The predicted octanol–water partition coefficient (Wildman–Crippen LogP) is 5.71. The third-order valence-electron chi connectivity index (χ3n) is 5.77. The lowest BCUT2D eigenvalue weighted by Gasteiger charge is -2.20. The van der Waals surface area contributed by atoms with Crippen LogP contribution >= 0.6 is 0 Å². The van der Waals surface area contributed by atoms with Crippen molar-refractivity contribution in [1.29, 1.82) is 0 Å². The molecular formula is C30H30N2O5S. The van der Waals surface area contributed by atoms with Gasteiger partial charge in [0.25, 0.3) is 0 Å². The number of hydrogen-bond donors (Lipinski definition) is 2. The van der Waals surface area contributed by atoms with Crippen molar-refractivity contribution in [3.8, 4) is 17.2 Å². The Balaban J connectivity index is 1.60. The number of rotatable bonds is 11. The first-order valence-corrected chi connectivity index (χ1v) is 13.8. The molecule has 8 heteroatoms. The van der Waals surface area contributed by atoms with Gasteiger partial charge in [-0.05, 0) is 73.9 Å². The van der Waals surface area contributed by atoms with Crippen LogP contribution in [0.25, 0.3) is 0 Å². The van der Waals surface area contributed by atoms with Crippen molar-refractivity contribution in [2.45, 2.75) is 31.2 Å². The van der Waals surface area contributed by atoms with Gasteiger partial charge in [-0.3, -0.25) is 4.79 Å². The monoisotopic (exact) mass is 530 g/mol. The molecule has 1 atom stereocenters. The van der Waals surface area contributed by atoms with Gasteiger partial charge in [-0.15, -0.1) is 0 Å². The molecule has 4 rings (SSSR count). The number of ether oxygens (including phenoxy) is 2. The van der Waals surface area contributed by atoms with Crippen molar-refractivity contribution in [2.24, 2.45) is 0 Å². The molecule has 4 aromatic carbocycles. The minimum atomic E-state index is -4.03. The summed E-state index contributed by atoms with van der Waals surface area (Å²) in [6.07, 6.45) is 0.156. The van der Waals surface area contributed by atoms with Crippen LogP contribution in [0.1, 0.15) is 18.1 Å². The van der Waals surface area contributed by atoms with Gasteiger partial charge in [0, 0.05) is 0 Å².